The van der Waals surface area contributed by atoms with E-state index in [1.54, 1.807) is 5.32 Å². The van der Waals surface area contributed by atoms with Crippen molar-refractivity contribution in [2.75, 3.05) is 19.5 Å². The Labute approximate surface area is 123 Å². The van der Waals surface area contributed by atoms with Crippen molar-refractivity contribution in [3.05, 3.63) is 23.8 Å². The number of carbonyl (C=O) groups excluding carboxylic acids is 1. The van der Waals surface area contributed by atoms with Crippen molar-refractivity contribution < 1.29 is 41.8 Å². The molecule has 0 aliphatic heterocycles. The molecule has 1 unspecified atom stereocenters. The highest BCUT2D eigenvalue weighted by Crippen LogP contribution is 2.52. The summed E-state index contributed by atoms with van der Waals surface area (Å²) in [5.74, 6) is -4.00. The first-order valence-electron chi connectivity index (χ1n) is 5.64. The number of hydrogen-bond donors (Lipinski definition) is 3. The number of nitrogens with one attached hydrogen (secondary N) is 1. The summed E-state index contributed by atoms with van der Waals surface area (Å²) in [5, 5.41) is 1.60. The molecule has 1 aromatic carbocycles. The van der Waals surface area contributed by atoms with Crippen molar-refractivity contribution in [2.24, 2.45) is 0 Å². The Morgan fingerprint density at radius 3 is 2.32 bits per heavy atom. The number of ether oxygens (including phenoxy) is 2. The number of rotatable bonds is 5. The van der Waals surface area contributed by atoms with Gasteiger partial charge in [-0.3, -0.25) is 9.36 Å². The highest BCUT2D eigenvalue weighted by molar-refractivity contribution is 7.52. The molecule has 1 rings (SSSR count). The maximum Gasteiger partial charge on any atom is 0.471 e. The first-order chi connectivity index (χ1) is 10.0. The number of anilines is 1. The highest BCUT2D eigenvalue weighted by Gasteiger charge is 2.39. The van der Waals surface area contributed by atoms with Gasteiger partial charge < -0.3 is 24.6 Å². The third-order valence-electron chi connectivity index (χ3n) is 2.55. The van der Waals surface area contributed by atoms with Crippen LogP contribution in [-0.2, 0) is 14.1 Å². The number of carbonyl (C=O) groups is 1. The maximum absolute atomic E-state index is 12.2. The Balaban J connectivity index is 3.16. The maximum atomic E-state index is 12.2. The van der Waals surface area contributed by atoms with Crippen LogP contribution in [0.4, 0.5) is 18.9 Å². The third-order valence-corrected chi connectivity index (χ3v) is 3.67. The lowest BCUT2D eigenvalue weighted by atomic mass is 10.2. The number of halogens is 3. The van der Waals surface area contributed by atoms with Crippen LogP contribution in [0.1, 0.15) is 11.4 Å². The number of amides is 1. The van der Waals surface area contributed by atoms with Gasteiger partial charge in [-0.2, -0.15) is 13.2 Å². The minimum atomic E-state index is -5.08. The summed E-state index contributed by atoms with van der Waals surface area (Å²) < 4.78 is 57.4. The molecule has 7 nitrogen and oxygen atoms in total. The zero-order valence-corrected chi connectivity index (χ0v) is 12.3. The summed E-state index contributed by atoms with van der Waals surface area (Å²) in [7, 11) is -2.45. The third kappa shape index (κ3) is 4.44. The van der Waals surface area contributed by atoms with Gasteiger partial charge in [0, 0.05) is 7.11 Å². The van der Waals surface area contributed by atoms with Crippen molar-refractivity contribution in [3.8, 4) is 5.75 Å². The fourth-order valence-corrected chi connectivity index (χ4v) is 2.45. The van der Waals surface area contributed by atoms with Crippen LogP contribution in [0.5, 0.6) is 5.75 Å². The van der Waals surface area contributed by atoms with Crippen LogP contribution in [-0.4, -0.2) is 36.1 Å². The zero-order valence-electron chi connectivity index (χ0n) is 11.4. The first-order valence-corrected chi connectivity index (χ1v) is 7.33. The number of alkyl halides is 3. The predicted molar refractivity (Wildman–Crippen MR) is 69.5 cm³/mol. The van der Waals surface area contributed by atoms with E-state index in [0.29, 0.717) is 0 Å². The molecule has 0 radical (unpaired) electrons. The molecular weight excluding hydrogens is 330 g/mol. The van der Waals surface area contributed by atoms with Crippen molar-refractivity contribution in [1.82, 2.24) is 0 Å². The van der Waals surface area contributed by atoms with Crippen molar-refractivity contribution in [2.45, 2.75) is 12.0 Å². The van der Waals surface area contributed by atoms with E-state index in [-0.39, 0.29) is 17.0 Å². The molecule has 11 heteroatoms. The minimum absolute atomic E-state index is 0.0160. The molecule has 1 amide bonds. The van der Waals surface area contributed by atoms with Gasteiger partial charge in [0.25, 0.3) is 0 Å². The van der Waals surface area contributed by atoms with Crippen molar-refractivity contribution in [1.29, 1.82) is 0 Å². The topological polar surface area (TPSA) is 105 Å². The van der Waals surface area contributed by atoms with Gasteiger partial charge in [-0.15, -0.1) is 0 Å². The fourth-order valence-electron chi connectivity index (χ4n) is 1.63. The fraction of sp³-hybridized carbons (Fsp3) is 0.364. The predicted octanol–water partition coefficient (Wildman–Crippen LogP) is 2.02. The monoisotopic (exact) mass is 343 g/mol. The number of benzene rings is 1. The summed E-state index contributed by atoms with van der Waals surface area (Å²) in [5.41, 5.74) is -0.313. The Hall–Kier alpha value is -1.61. The second kappa shape index (κ2) is 6.66. The molecule has 1 aromatic rings. The molecular formula is C11H13F3NO6P. The lowest BCUT2D eigenvalue weighted by Gasteiger charge is -2.19. The summed E-state index contributed by atoms with van der Waals surface area (Å²) in [6.07, 6.45) is -5.08. The van der Waals surface area contributed by atoms with Gasteiger partial charge in [-0.05, 0) is 17.7 Å². The van der Waals surface area contributed by atoms with Gasteiger partial charge >= 0.3 is 19.7 Å². The molecule has 0 spiro atoms. The molecule has 0 aromatic heterocycles. The van der Waals surface area contributed by atoms with E-state index in [9.17, 15) is 22.5 Å². The Morgan fingerprint density at radius 1 is 1.32 bits per heavy atom. The second-order valence-electron chi connectivity index (χ2n) is 4.09. The minimum Gasteiger partial charge on any atom is -0.495 e. The Bertz CT molecular complexity index is 600. The quantitative estimate of drug-likeness (QED) is 0.707. The van der Waals surface area contributed by atoms with Crippen LogP contribution in [0.25, 0.3) is 0 Å². The summed E-state index contributed by atoms with van der Waals surface area (Å²) in [6.45, 7) is 0. The van der Waals surface area contributed by atoms with Gasteiger partial charge in [0.1, 0.15) is 5.75 Å². The normalized spacial score (nSPS) is 13.6. The smallest absolute Gasteiger partial charge is 0.471 e. The highest BCUT2D eigenvalue weighted by atomic mass is 31.2. The molecule has 0 aliphatic rings. The molecule has 0 saturated heterocycles. The van der Waals surface area contributed by atoms with Gasteiger partial charge in [0.2, 0.25) is 0 Å². The van der Waals surface area contributed by atoms with E-state index in [4.69, 9.17) is 14.5 Å². The summed E-state index contributed by atoms with van der Waals surface area (Å²) in [6, 6.07) is 3.21. The van der Waals surface area contributed by atoms with E-state index >= 15 is 0 Å². The van der Waals surface area contributed by atoms with E-state index < -0.39 is 25.5 Å². The number of hydrogen-bond acceptors (Lipinski definition) is 4. The SMILES string of the molecule is COc1cc(C(OC)P(=O)(O)O)ccc1NC(=O)C(F)(F)F. The molecule has 0 saturated carbocycles. The lowest BCUT2D eigenvalue weighted by Crippen LogP contribution is -2.30. The van der Waals surface area contributed by atoms with Crippen LogP contribution in [0.15, 0.2) is 18.2 Å². The average Bonchev–Trinajstić information content (AvgIpc) is 2.38. The standard InChI is InChI=1S/C11H13F3NO6P/c1-20-8-5-6(9(21-2)22(17,18)19)3-4-7(8)15-10(16)11(12,13)14/h3-5,9H,1-2H3,(H,15,16)(H2,17,18,19). The Kier molecular flexibility index (Phi) is 5.58. The molecule has 1 atom stereocenters. The van der Waals surface area contributed by atoms with E-state index in [2.05, 4.69) is 4.74 Å². The summed E-state index contributed by atoms with van der Waals surface area (Å²) >= 11 is 0. The average molecular weight is 343 g/mol. The van der Waals surface area contributed by atoms with Gasteiger partial charge in [0.15, 0.2) is 5.85 Å². The van der Waals surface area contributed by atoms with Crippen LogP contribution in [0.2, 0.25) is 0 Å². The van der Waals surface area contributed by atoms with Crippen LogP contribution in [0.3, 0.4) is 0 Å². The second-order valence-corrected chi connectivity index (χ2v) is 5.74. The molecule has 0 fully saturated rings. The molecule has 22 heavy (non-hydrogen) atoms. The van der Waals surface area contributed by atoms with Crippen molar-refractivity contribution in [3.63, 3.8) is 0 Å². The van der Waals surface area contributed by atoms with Crippen LogP contribution >= 0.6 is 7.60 Å². The molecule has 0 aliphatic carbocycles. The van der Waals surface area contributed by atoms with E-state index in [1.165, 1.54) is 0 Å². The molecule has 3 N–H and O–H groups in total. The largest absolute Gasteiger partial charge is 0.495 e. The lowest BCUT2D eigenvalue weighted by molar-refractivity contribution is -0.167. The van der Waals surface area contributed by atoms with Gasteiger partial charge in [-0.25, -0.2) is 0 Å². The molecule has 0 bridgehead atoms. The molecule has 124 valence electrons. The van der Waals surface area contributed by atoms with Crippen molar-refractivity contribution >= 4 is 19.2 Å². The Morgan fingerprint density at radius 2 is 1.91 bits per heavy atom. The zero-order chi connectivity index (χ0) is 17.1. The molecule has 0 heterocycles. The number of methoxy groups -OCH3 is 2. The first kappa shape index (κ1) is 18.4. The van der Waals surface area contributed by atoms with E-state index in [0.717, 1.165) is 32.4 Å². The summed E-state index contributed by atoms with van der Waals surface area (Å²) in [4.78, 5) is 29.2. The van der Waals surface area contributed by atoms with Gasteiger partial charge in [-0.1, -0.05) is 6.07 Å². The van der Waals surface area contributed by atoms with Crippen LogP contribution < -0.4 is 10.1 Å². The van der Waals surface area contributed by atoms with E-state index in [1.807, 2.05) is 0 Å². The van der Waals surface area contributed by atoms with Gasteiger partial charge in [0.05, 0.1) is 12.8 Å². The van der Waals surface area contributed by atoms with Crippen LogP contribution in [0, 0.1) is 0 Å².